The topological polar surface area (TPSA) is 50.7 Å². The summed E-state index contributed by atoms with van der Waals surface area (Å²) >= 11 is 3.47. The van der Waals surface area contributed by atoms with Crippen LogP contribution < -0.4 is 10.2 Å². The smallest absolute Gasteiger partial charge is 0.277 e. The largest absolute Gasteiger partial charge is 0.483 e. The maximum Gasteiger partial charge on any atom is 0.277 e. The second-order valence-electron chi connectivity index (χ2n) is 5.39. The van der Waals surface area contributed by atoms with Gasteiger partial charge in [-0.25, -0.2) is 5.43 Å². The number of halogens is 1. The quantitative estimate of drug-likeness (QED) is 0.519. The molecule has 1 N–H and O–H groups in total. The second kappa shape index (κ2) is 10.5. The van der Waals surface area contributed by atoms with Crippen molar-refractivity contribution in [2.75, 3.05) is 6.61 Å². The minimum Gasteiger partial charge on any atom is -0.483 e. The number of nitrogens with zero attached hydrogens (tertiary/aromatic N) is 1. The van der Waals surface area contributed by atoms with Crippen molar-refractivity contribution in [1.82, 2.24) is 5.43 Å². The Kier molecular flexibility index (Phi) is 7.92. The van der Waals surface area contributed by atoms with Gasteiger partial charge in [0, 0.05) is 6.21 Å². The fraction of sp³-hybridized carbons (Fsp3) is 0.200. The molecule has 0 aliphatic heterocycles. The van der Waals surface area contributed by atoms with E-state index in [1.54, 1.807) is 6.08 Å². The summed E-state index contributed by atoms with van der Waals surface area (Å²) in [6, 6.07) is 15.7. The van der Waals surface area contributed by atoms with E-state index in [4.69, 9.17) is 4.74 Å². The Morgan fingerprint density at radius 2 is 2.04 bits per heavy atom. The van der Waals surface area contributed by atoms with E-state index in [2.05, 4.69) is 33.4 Å². The summed E-state index contributed by atoms with van der Waals surface area (Å²) in [7, 11) is 0. The first-order valence-corrected chi connectivity index (χ1v) is 8.93. The standard InChI is InChI=1S/C20H21BrN2O2/c1-2-7-17-11-12-19(18(21)14-17)25-15-20(24)23-22-13-6-10-16-8-4-3-5-9-16/h3-6,8-14H,2,7,15H2,1H3,(H,23,24)/b10-6+,22-13+. The number of hydrogen-bond acceptors (Lipinski definition) is 3. The minimum absolute atomic E-state index is 0.0918. The molecule has 2 aromatic rings. The summed E-state index contributed by atoms with van der Waals surface area (Å²) in [6.45, 7) is 2.05. The van der Waals surface area contributed by atoms with E-state index >= 15 is 0 Å². The highest BCUT2D eigenvalue weighted by Gasteiger charge is 2.05. The molecule has 4 nitrogen and oxygen atoms in total. The summed E-state index contributed by atoms with van der Waals surface area (Å²) in [6.07, 6.45) is 7.30. The van der Waals surface area contributed by atoms with Crippen LogP contribution in [0.2, 0.25) is 0 Å². The number of carbonyl (C=O) groups is 1. The van der Waals surface area contributed by atoms with Crippen molar-refractivity contribution in [2.45, 2.75) is 19.8 Å². The number of hydrogen-bond donors (Lipinski definition) is 1. The van der Waals surface area contributed by atoms with Crippen LogP contribution in [-0.2, 0) is 11.2 Å². The van der Waals surface area contributed by atoms with E-state index in [0.29, 0.717) is 5.75 Å². The molecule has 0 atom stereocenters. The van der Waals surface area contributed by atoms with Gasteiger partial charge in [-0.05, 0) is 51.7 Å². The molecule has 0 spiro atoms. The van der Waals surface area contributed by atoms with Crippen molar-refractivity contribution in [2.24, 2.45) is 5.10 Å². The Morgan fingerprint density at radius 3 is 2.76 bits per heavy atom. The minimum atomic E-state index is -0.311. The highest BCUT2D eigenvalue weighted by molar-refractivity contribution is 9.10. The lowest BCUT2D eigenvalue weighted by Gasteiger charge is -2.08. The average Bonchev–Trinajstić information content (AvgIpc) is 2.62. The van der Waals surface area contributed by atoms with Crippen LogP contribution in [0.5, 0.6) is 5.75 Å². The highest BCUT2D eigenvalue weighted by atomic mass is 79.9. The van der Waals surface area contributed by atoms with Crippen LogP contribution in [0.25, 0.3) is 6.08 Å². The van der Waals surface area contributed by atoms with Crippen molar-refractivity contribution in [3.63, 3.8) is 0 Å². The van der Waals surface area contributed by atoms with Crippen molar-refractivity contribution < 1.29 is 9.53 Å². The fourth-order valence-electron chi connectivity index (χ4n) is 2.15. The van der Waals surface area contributed by atoms with Crippen molar-refractivity contribution in [3.05, 3.63) is 70.2 Å². The highest BCUT2D eigenvalue weighted by Crippen LogP contribution is 2.26. The van der Waals surface area contributed by atoms with Gasteiger partial charge in [0.2, 0.25) is 0 Å². The molecule has 0 aliphatic rings. The maximum absolute atomic E-state index is 11.7. The predicted molar refractivity (Wildman–Crippen MR) is 106 cm³/mol. The van der Waals surface area contributed by atoms with Crippen LogP contribution in [0.1, 0.15) is 24.5 Å². The summed E-state index contributed by atoms with van der Waals surface area (Å²) < 4.78 is 6.35. The molecule has 2 rings (SSSR count). The number of aryl methyl sites for hydroxylation is 1. The third-order valence-electron chi connectivity index (χ3n) is 3.33. The van der Waals surface area contributed by atoms with Gasteiger partial charge in [-0.1, -0.05) is 55.8 Å². The van der Waals surface area contributed by atoms with E-state index in [9.17, 15) is 4.79 Å². The average molecular weight is 401 g/mol. The predicted octanol–water partition coefficient (Wildman–Crippen LogP) is 4.60. The van der Waals surface area contributed by atoms with Gasteiger partial charge in [-0.3, -0.25) is 4.79 Å². The lowest BCUT2D eigenvalue weighted by Crippen LogP contribution is -2.24. The number of benzene rings is 2. The molecule has 0 saturated carbocycles. The van der Waals surface area contributed by atoms with Gasteiger partial charge in [-0.2, -0.15) is 5.10 Å². The lowest BCUT2D eigenvalue weighted by atomic mass is 10.1. The van der Waals surface area contributed by atoms with Crippen LogP contribution in [0.3, 0.4) is 0 Å². The number of amides is 1. The summed E-state index contributed by atoms with van der Waals surface area (Å²) in [4.78, 5) is 11.7. The Balaban J connectivity index is 1.75. The first-order valence-electron chi connectivity index (χ1n) is 8.14. The first kappa shape index (κ1) is 18.9. The van der Waals surface area contributed by atoms with Crippen LogP contribution in [-0.4, -0.2) is 18.7 Å². The number of nitrogens with one attached hydrogen (secondary N) is 1. The summed E-state index contributed by atoms with van der Waals surface area (Å²) in [5, 5.41) is 3.86. The second-order valence-corrected chi connectivity index (χ2v) is 6.24. The molecule has 2 aromatic carbocycles. The SMILES string of the molecule is CCCc1ccc(OCC(=O)N/N=C/C=C/c2ccccc2)c(Br)c1. The molecule has 5 heteroatoms. The molecule has 1 amide bonds. The number of allylic oxidation sites excluding steroid dienone is 1. The van der Waals surface area contributed by atoms with Gasteiger partial charge < -0.3 is 4.74 Å². The molecule has 0 aliphatic carbocycles. The van der Waals surface area contributed by atoms with Crippen molar-refractivity contribution >= 4 is 34.1 Å². The fourth-order valence-corrected chi connectivity index (χ4v) is 2.69. The number of ether oxygens (including phenoxy) is 1. The zero-order valence-electron chi connectivity index (χ0n) is 14.1. The molecule has 0 radical (unpaired) electrons. The van der Waals surface area contributed by atoms with E-state index in [1.165, 1.54) is 11.8 Å². The molecule has 0 unspecified atom stereocenters. The molecular weight excluding hydrogens is 380 g/mol. The van der Waals surface area contributed by atoms with Crippen molar-refractivity contribution in [3.8, 4) is 5.75 Å². The molecular formula is C20H21BrN2O2. The van der Waals surface area contributed by atoms with Gasteiger partial charge in [0.25, 0.3) is 5.91 Å². The van der Waals surface area contributed by atoms with Gasteiger partial charge >= 0.3 is 0 Å². The molecule has 130 valence electrons. The van der Waals surface area contributed by atoms with Crippen LogP contribution >= 0.6 is 15.9 Å². The monoisotopic (exact) mass is 400 g/mol. The normalized spacial score (nSPS) is 11.1. The van der Waals surface area contributed by atoms with Gasteiger partial charge in [0.15, 0.2) is 6.61 Å². The van der Waals surface area contributed by atoms with Crippen LogP contribution in [0, 0.1) is 0 Å². The third kappa shape index (κ3) is 6.93. The van der Waals surface area contributed by atoms with Crippen LogP contribution in [0.4, 0.5) is 0 Å². The molecule has 0 aromatic heterocycles. The maximum atomic E-state index is 11.7. The van der Waals surface area contributed by atoms with Crippen LogP contribution in [0.15, 0.2) is 64.2 Å². The Morgan fingerprint density at radius 1 is 1.24 bits per heavy atom. The van der Waals surface area contributed by atoms with E-state index < -0.39 is 0 Å². The molecule has 25 heavy (non-hydrogen) atoms. The van der Waals surface area contributed by atoms with Gasteiger partial charge in [-0.15, -0.1) is 0 Å². The van der Waals surface area contributed by atoms with E-state index in [0.717, 1.165) is 22.9 Å². The molecule has 0 fully saturated rings. The number of carbonyl (C=O) groups excluding carboxylic acids is 1. The first-order chi connectivity index (χ1) is 12.2. The van der Waals surface area contributed by atoms with E-state index in [1.807, 2.05) is 54.6 Å². The Hall–Kier alpha value is -2.40. The number of rotatable bonds is 8. The molecule has 0 saturated heterocycles. The van der Waals surface area contributed by atoms with Gasteiger partial charge in [0.05, 0.1) is 4.47 Å². The summed E-state index contributed by atoms with van der Waals surface area (Å²) in [5.74, 6) is 0.330. The lowest BCUT2D eigenvalue weighted by molar-refractivity contribution is -0.123. The molecule has 0 heterocycles. The zero-order chi connectivity index (χ0) is 17.9. The Bertz CT molecular complexity index is 743. The summed E-state index contributed by atoms with van der Waals surface area (Å²) in [5.41, 5.74) is 4.74. The van der Waals surface area contributed by atoms with E-state index in [-0.39, 0.29) is 12.5 Å². The zero-order valence-corrected chi connectivity index (χ0v) is 15.7. The Labute approximate surface area is 156 Å². The third-order valence-corrected chi connectivity index (χ3v) is 3.95. The molecule has 0 bridgehead atoms. The van der Waals surface area contributed by atoms with Crippen molar-refractivity contribution in [1.29, 1.82) is 0 Å². The number of hydrazone groups is 1. The van der Waals surface area contributed by atoms with Gasteiger partial charge in [0.1, 0.15) is 5.75 Å².